The van der Waals surface area contributed by atoms with E-state index < -0.39 is 0 Å². The van der Waals surface area contributed by atoms with Crippen molar-refractivity contribution in [3.63, 3.8) is 0 Å². The molecule has 2 heteroatoms. The van der Waals surface area contributed by atoms with Crippen LogP contribution in [0.2, 0.25) is 5.02 Å². The molecule has 1 nitrogen and oxygen atoms in total. The summed E-state index contributed by atoms with van der Waals surface area (Å²) in [6, 6.07) is 7.60. The highest BCUT2D eigenvalue weighted by Crippen LogP contribution is 2.08. The Kier molecular flexibility index (Phi) is 3.71. The van der Waals surface area contributed by atoms with Crippen molar-refractivity contribution < 1.29 is 0 Å². The second-order valence-corrected chi connectivity index (χ2v) is 3.42. The molecule has 0 N–H and O–H groups in total. The maximum Gasteiger partial charge on any atom is 0.0594 e. The fourth-order valence-electron chi connectivity index (χ4n) is 0.894. The lowest BCUT2D eigenvalue weighted by atomic mass is 10.2. The third-order valence-corrected chi connectivity index (χ3v) is 1.69. The van der Waals surface area contributed by atoms with Crippen LogP contribution in [0.5, 0.6) is 0 Å². The van der Waals surface area contributed by atoms with E-state index in [-0.39, 0.29) is 0 Å². The van der Waals surface area contributed by atoms with Crippen molar-refractivity contribution in [1.29, 1.82) is 0 Å². The maximum atomic E-state index is 5.81. The van der Waals surface area contributed by atoms with Crippen molar-refractivity contribution in [2.45, 2.75) is 6.92 Å². The van der Waals surface area contributed by atoms with Crippen LogP contribution in [-0.4, -0.2) is 12.8 Å². The molecule has 1 rings (SSSR count). The van der Waals surface area contributed by atoms with Gasteiger partial charge in [-0.05, 0) is 24.6 Å². The molecule has 0 aliphatic heterocycles. The number of rotatable bonds is 3. The van der Waals surface area contributed by atoms with Gasteiger partial charge in [0.2, 0.25) is 0 Å². The van der Waals surface area contributed by atoms with Crippen molar-refractivity contribution in [3.05, 3.63) is 47.0 Å². The third-order valence-electron chi connectivity index (χ3n) is 1.45. The van der Waals surface area contributed by atoms with Crippen LogP contribution in [0.4, 0.5) is 0 Å². The lowest BCUT2D eigenvalue weighted by Crippen LogP contribution is -1.84. The molecule has 0 radical (unpaired) electrons. The zero-order valence-corrected chi connectivity index (χ0v) is 8.38. The highest BCUT2D eigenvalue weighted by atomic mass is 35.5. The van der Waals surface area contributed by atoms with Gasteiger partial charge >= 0.3 is 0 Å². The molecule has 0 aromatic heterocycles. The number of hydrogen-bond acceptors (Lipinski definition) is 1. The standard InChI is InChI=1S/C11H12ClN/c1-9(2)7-13-8-10-4-3-5-11(12)6-10/h3-6,8H,1,7H2,2H3. The van der Waals surface area contributed by atoms with Gasteiger partial charge in [0.25, 0.3) is 0 Å². The summed E-state index contributed by atoms with van der Waals surface area (Å²) in [5.74, 6) is 0. The molecule has 13 heavy (non-hydrogen) atoms. The van der Waals surface area contributed by atoms with Gasteiger partial charge in [0.05, 0.1) is 6.54 Å². The van der Waals surface area contributed by atoms with E-state index in [0.29, 0.717) is 6.54 Å². The molecular weight excluding hydrogens is 182 g/mol. The van der Waals surface area contributed by atoms with Crippen LogP contribution in [0.1, 0.15) is 12.5 Å². The van der Waals surface area contributed by atoms with Crippen LogP contribution in [-0.2, 0) is 0 Å². The first kappa shape index (κ1) is 10.0. The Hall–Kier alpha value is -1.08. The van der Waals surface area contributed by atoms with Crippen molar-refractivity contribution in [2.75, 3.05) is 6.54 Å². The molecule has 1 aromatic carbocycles. The molecule has 0 atom stereocenters. The van der Waals surface area contributed by atoms with Gasteiger partial charge in [0.1, 0.15) is 0 Å². The van der Waals surface area contributed by atoms with Gasteiger partial charge in [0.15, 0.2) is 0 Å². The highest BCUT2D eigenvalue weighted by molar-refractivity contribution is 6.30. The second kappa shape index (κ2) is 4.83. The van der Waals surface area contributed by atoms with Gasteiger partial charge in [-0.15, -0.1) is 0 Å². The minimum absolute atomic E-state index is 0.673. The van der Waals surface area contributed by atoms with E-state index in [2.05, 4.69) is 11.6 Å². The zero-order chi connectivity index (χ0) is 9.68. The van der Waals surface area contributed by atoms with Crippen molar-refractivity contribution >= 4 is 17.8 Å². The Morgan fingerprint density at radius 3 is 3.00 bits per heavy atom. The number of nitrogens with zero attached hydrogens (tertiary/aromatic N) is 1. The molecule has 0 spiro atoms. The molecule has 0 aliphatic rings. The highest BCUT2D eigenvalue weighted by Gasteiger charge is 1.88. The van der Waals surface area contributed by atoms with E-state index in [1.54, 1.807) is 6.21 Å². The Morgan fingerprint density at radius 2 is 2.38 bits per heavy atom. The van der Waals surface area contributed by atoms with Crippen LogP contribution < -0.4 is 0 Å². The van der Waals surface area contributed by atoms with Crippen LogP contribution in [0, 0.1) is 0 Å². The molecule has 0 bridgehead atoms. The summed E-state index contributed by atoms with van der Waals surface area (Å²) < 4.78 is 0. The van der Waals surface area contributed by atoms with E-state index in [9.17, 15) is 0 Å². The number of benzene rings is 1. The van der Waals surface area contributed by atoms with Crippen LogP contribution in [0.3, 0.4) is 0 Å². The molecule has 0 fully saturated rings. The predicted molar refractivity (Wildman–Crippen MR) is 58.7 cm³/mol. The topological polar surface area (TPSA) is 12.4 Å². The van der Waals surface area contributed by atoms with Crippen LogP contribution >= 0.6 is 11.6 Å². The summed E-state index contributed by atoms with van der Waals surface area (Å²) >= 11 is 5.81. The van der Waals surface area contributed by atoms with E-state index >= 15 is 0 Å². The van der Waals surface area contributed by atoms with Gasteiger partial charge in [-0.3, -0.25) is 4.99 Å². The summed E-state index contributed by atoms with van der Waals surface area (Å²) in [5, 5.41) is 0.735. The molecular formula is C11H12ClN. The molecule has 68 valence electrons. The van der Waals surface area contributed by atoms with Crippen molar-refractivity contribution in [2.24, 2.45) is 4.99 Å². The fourth-order valence-corrected chi connectivity index (χ4v) is 1.09. The fraction of sp³-hybridized carbons (Fsp3) is 0.182. The first-order valence-electron chi connectivity index (χ1n) is 4.08. The first-order chi connectivity index (χ1) is 6.18. The molecule has 1 aromatic rings. The monoisotopic (exact) mass is 193 g/mol. The van der Waals surface area contributed by atoms with Gasteiger partial charge in [-0.1, -0.05) is 35.9 Å². The Balaban J connectivity index is 2.63. The average Bonchev–Trinajstić information content (AvgIpc) is 2.03. The van der Waals surface area contributed by atoms with Crippen molar-refractivity contribution in [1.82, 2.24) is 0 Å². The molecule has 0 heterocycles. The van der Waals surface area contributed by atoms with Gasteiger partial charge in [-0.25, -0.2) is 0 Å². The van der Waals surface area contributed by atoms with Gasteiger partial charge in [0, 0.05) is 11.2 Å². The number of aliphatic imine (C=N–C) groups is 1. The van der Waals surface area contributed by atoms with Crippen LogP contribution in [0.15, 0.2) is 41.4 Å². The third kappa shape index (κ3) is 3.90. The summed E-state index contributed by atoms with van der Waals surface area (Å²) in [7, 11) is 0. The molecule has 0 saturated carbocycles. The minimum Gasteiger partial charge on any atom is -0.288 e. The van der Waals surface area contributed by atoms with E-state index in [0.717, 1.165) is 16.2 Å². The SMILES string of the molecule is C=C(C)CN=Cc1cccc(Cl)c1. The summed E-state index contributed by atoms with van der Waals surface area (Å²) in [5.41, 5.74) is 2.08. The predicted octanol–water partition coefficient (Wildman–Crippen LogP) is 3.34. The Labute approximate surface area is 83.8 Å². The smallest absolute Gasteiger partial charge is 0.0594 e. The van der Waals surface area contributed by atoms with Crippen LogP contribution in [0.25, 0.3) is 0 Å². The Bertz CT molecular complexity index is 329. The second-order valence-electron chi connectivity index (χ2n) is 2.98. The molecule has 0 amide bonds. The van der Waals surface area contributed by atoms with Gasteiger partial charge in [-0.2, -0.15) is 0 Å². The van der Waals surface area contributed by atoms with Gasteiger partial charge < -0.3 is 0 Å². The quantitative estimate of drug-likeness (QED) is 0.516. The number of hydrogen-bond donors (Lipinski definition) is 0. The minimum atomic E-state index is 0.673. The van der Waals surface area contributed by atoms with E-state index in [1.807, 2.05) is 31.2 Å². The normalized spacial score (nSPS) is 10.6. The average molecular weight is 194 g/mol. The lowest BCUT2D eigenvalue weighted by Gasteiger charge is -1.94. The number of halogens is 1. The van der Waals surface area contributed by atoms with E-state index in [4.69, 9.17) is 11.6 Å². The van der Waals surface area contributed by atoms with E-state index in [1.165, 1.54) is 0 Å². The lowest BCUT2D eigenvalue weighted by molar-refractivity contribution is 1.15. The zero-order valence-electron chi connectivity index (χ0n) is 7.63. The first-order valence-corrected chi connectivity index (χ1v) is 4.46. The summed E-state index contributed by atoms with van der Waals surface area (Å²) in [4.78, 5) is 4.20. The summed E-state index contributed by atoms with van der Waals surface area (Å²) in [6.45, 7) is 6.39. The summed E-state index contributed by atoms with van der Waals surface area (Å²) in [6.07, 6.45) is 1.81. The Morgan fingerprint density at radius 1 is 1.62 bits per heavy atom. The molecule has 0 saturated heterocycles. The van der Waals surface area contributed by atoms with Crippen molar-refractivity contribution in [3.8, 4) is 0 Å². The molecule has 0 aliphatic carbocycles. The maximum absolute atomic E-state index is 5.81. The molecule has 0 unspecified atom stereocenters. The largest absolute Gasteiger partial charge is 0.288 e.